The lowest BCUT2D eigenvalue weighted by atomic mass is 9.65. The largest absolute Gasteiger partial charge is 0.493 e. The van der Waals surface area contributed by atoms with Gasteiger partial charge in [0.15, 0.2) is 23.1 Å². The Morgan fingerprint density at radius 2 is 1.88 bits per heavy atom. The summed E-state index contributed by atoms with van der Waals surface area (Å²) in [6.07, 6.45) is 4.30. The predicted molar refractivity (Wildman–Crippen MR) is 148 cm³/mol. The van der Waals surface area contributed by atoms with Crippen molar-refractivity contribution >= 4 is 17.6 Å². The van der Waals surface area contributed by atoms with E-state index in [1.807, 2.05) is 29.2 Å². The Bertz CT molecular complexity index is 1390. The van der Waals surface area contributed by atoms with E-state index in [-0.39, 0.29) is 35.6 Å². The van der Waals surface area contributed by atoms with Crippen LogP contribution in [-0.2, 0) is 16.8 Å². The van der Waals surface area contributed by atoms with Crippen molar-refractivity contribution in [2.75, 3.05) is 32.6 Å². The molecule has 0 unspecified atom stereocenters. The van der Waals surface area contributed by atoms with Crippen molar-refractivity contribution in [3.05, 3.63) is 77.8 Å². The minimum Gasteiger partial charge on any atom is -0.493 e. The molecule has 3 aromatic rings. The van der Waals surface area contributed by atoms with Gasteiger partial charge in [-0.3, -0.25) is 4.79 Å². The Morgan fingerprint density at radius 3 is 2.61 bits per heavy atom. The summed E-state index contributed by atoms with van der Waals surface area (Å²) in [4.78, 5) is 28.2. The third kappa shape index (κ3) is 6.00. The van der Waals surface area contributed by atoms with E-state index in [2.05, 4.69) is 16.0 Å². The van der Waals surface area contributed by atoms with Gasteiger partial charge in [0.2, 0.25) is 5.91 Å². The Morgan fingerprint density at radius 1 is 1.05 bits per heavy atom. The molecule has 1 aliphatic heterocycles. The van der Waals surface area contributed by atoms with E-state index in [1.54, 1.807) is 26.5 Å². The average molecular weight is 569 g/mol. The maximum Gasteiger partial charge on any atom is 0.319 e. The van der Waals surface area contributed by atoms with Crippen molar-refractivity contribution in [1.29, 1.82) is 0 Å². The zero-order valence-electron chi connectivity index (χ0n) is 23.0. The zero-order chi connectivity index (χ0) is 29.0. The number of ether oxygens (including phenoxy) is 2. The highest BCUT2D eigenvalue weighted by Gasteiger charge is 2.53. The topological polar surface area (TPSA) is 105 Å². The summed E-state index contributed by atoms with van der Waals surface area (Å²) in [6, 6.07) is 11.8. The highest BCUT2D eigenvalue weighted by molar-refractivity contribution is 5.89. The number of nitrogens with zero attached hydrogens (tertiary/aromatic N) is 1. The zero-order valence-corrected chi connectivity index (χ0v) is 23.0. The van der Waals surface area contributed by atoms with Crippen molar-refractivity contribution in [1.82, 2.24) is 15.5 Å². The van der Waals surface area contributed by atoms with E-state index in [0.29, 0.717) is 37.4 Å². The van der Waals surface area contributed by atoms with Crippen molar-refractivity contribution in [2.45, 2.75) is 49.7 Å². The number of hydrogen-bond acceptors (Lipinski definition) is 6. The van der Waals surface area contributed by atoms with Gasteiger partial charge in [-0.1, -0.05) is 6.07 Å². The van der Waals surface area contributed by atoms with Gasteiger partial charge < -0.3 is 34.7 Å². The molecule has 2 aliphatic rings. The molecule has 0 radical (unpaired) electrons. The Balaban J connectivity index is 1.34. The SMILES string of the molecule is COc1ccc([C@@]23CC[C@@H](NC(=O)Nc4ccc(F)c(F)c4)C[C@@H]2N(C(=O)CNCc2ccco2)CC3)cc1OC. The van der Waals surface area contributed by atoms with E-state index in [4.69, 9.17) is 13.9 Å². The van der Waals surface area contributed by atoms with Crippen LogP contribution in [0.25, 0.3) is 0 Å². The average Bonchev–Trinajstić information content (AvgIpc) is 3.63. The van der Waals surface area contributed by atoms with Crippen molar-refractivity contribution in [2.24, 2.45) is 0 Å². The van der Waals surface area contributed by atoms with Gasteiger partial charge in [0.25, 0.3) is 0 Å². The third-order valence-electron chi connectivity index (χ3n) is 8.21. The molecule has 2 aromatic carbocycles. The number of anilines is 1. The first-order chi connectivity index (χ1) is 19.8. The number of nitrogens with one attached hydrogen (secondary N) is 3. The van der Waals surface area contributed by atoms with Crippen LogP contribution in [0.4, 0.5) is 19.3 Å². The van der Waals surface area contributed by atoms with E-state index < -0.39 is 17.7 Å². The van der Waals surface area contributed by atoms with E-state index in [9.17, 15) is 18.4 Å². The summed E-state index contributed by atoms with van der Waals surface area (Å²) in [5, 5.41) is 8.71. The van der Waals surface area contributed by atoms with Gasteiger partial charge in [0.1, 0.15) is 5.76 Å². The molecule has 9 nitrogen and oxygen atoms in total. The number of halogens is 2. The van der Waals surface area contributed by atoms with Gasteiger partial charge in [0.05, 0.1) is 33.6 Å². The molecule has 218 valence electrons. The number of hydrogen-bond donors (Lipinski definition) is 3. The quantitative estimate of drug-likeness (QED) is 0.349. The molecule has 1 aliphatic carbocycles. The van der Waals surface area contributed by atoms with Crippen LogP contribution in [0.5, 0.6) is 11.5 Å². The second kappa shape index (κ2) is 12.2. The molecule has 11 heteroatoms. The summed E-state index contributed by atoms with van der Waals surface area (Å²) in [5.41, 5.74) is 0.881. The molecule has 1 aromatic heterocycles. The molecule has 2 fully saturated rings. The number of likely N-dealkylation sites (tertiary alicyclic amines) is 1. The van der Waals surface area contributed by atoms with Gasteiger partial charge >= 0.3 is 6.03 Å². The molecule has 5 rings (SSSR count). The van der Waals surface area contributed by atoms with Crippen molar-refractivity contribution in [3.63, 3.8) is 0 Å². The number of benzene rings is 2. The summed E-state index contributed by atoms with van der Waals surface area (Å²) in [5.74, 6) is -0.0697. The standard InChI is InChI=1S/C30H34F2N4O5/c1-39-25-8-5-19(14-26(25)40-2)30-10-9-21(35-29(38)34-20-6-7-23(31)24(32)15-20)16-27(30)36(12-11-30)28(37)18-33-17-22-4-3-13-41-22/h3-8,13-15,21,27,33H,9-12,16-18H2,1-2H3,(H2,34,35,38)/t21-,27+,30+/m1/s1. The first-order valence-electron chi connectivity index (χ1n) is 13.6. The van der Waals surface area contributed by atoms with Crippen LogP contribution in [0.15, 0.2) is 59.2 Å². The van der Waals surface area contributed by atoms with Gasteiger partial charge in [0, 0.05) is 35.8 Å². The van der Waals surface area contributed by atoms with Crippen LogP contribution < -0.4 is 25.4 Å². The smallest absolute Gasteiger partial charge is 0.319 e. The summed E-state index contributed by atoms with van der Waals surface area (Å²) in [7, 11) is 3.19. The van der Waals surface area contributed by atoms with Crippen molar-refractivity contribution < 1.29 is 32.3 Å². The molecule has 0 bridgehead atoms. The molecule has 3 N–H and O–H groups in total. The highest BCUT2D eigenvalue weighted by atomic mass is 19.2. The lowest BCUT2D eigenvalue weighted by molar-refractivity contribution is -0.132. The number of rotatable bonds is 9. The van der Waals surface area contributed by atoms with Crippen LogP contribution in [0, 0.1) is 11.6 Å². The molecular weight excluding hydrogens is 534 g/mol. The maximum absolute atomic E-state index is 13.6. The number of amides is 3. The number of fused-ring (bicyclic) bond motifs is 1. The second-order valence-corrected chi connectivity index (χ2v) is 10.5. The van der Waals surface area contributed by atoms with Crippen molar-refractivity contribution in [3.8, 4) is 11.5 Å². The fourth-order valence-electron chi connectivity index (χ4n) is 6.19. The van der Waals surface area contributed by atoms with E-state index >= 15 is 0 Å². The Labute approximate surface area is 237 Å². The van der Waals surface area contributed by atoms with Crippen LogP contribution in [-0.4, -0.2) is 56.2 Å². The van der Waals surface area contributed by atoms with Crippen LogP contribution >= 0.6 is 0 Å². The minimum absolute atomic E-state index is 0.0317. The summed E-state index contributed by atoms with van der Waals surface area (Å²) >= 11 is 0. The minimum atomic E-state index is -1.04. The molecule has 0 spiro atoms. The second-order valence-electron chi connectivity index (χ2n) is 10.5. The lowest BCUT2D eigenvalue weighted by Crippen LogP contribution is -2.55. The molecule has 41 heavy (non-hydrogen) atoms. The maximum atomic E-state index is 13.6. The number of urea groups is 1. The normalized spacial score (nSPS) is 21.7. The monoisotopic (exact) mass is 568 g/mol. The molecule has 1 saturated carbocycles. The summed E-state index contributed by atoms with van der Waals surface area (Å²) in [6.45, 7) is 1.16. The number of methoxy groups -OCH3 is 2. The lowest BCUT2D eigenvalue weighted by Gasteiger charge is -2.45. The number of furan rings is 1. The third-order valence-corrected chi connectivity index (χ3v) is 8.21. The number of carbonyl (C=O) groups excluding carboxylic acids is 2. The molecular formula is C30H34F2N4O5. The Kier molecular flexibility index (Phi) is 8.44. The fraction of sp³-hybridized carbons (Fsp3) is 0.400. The van der Waals surface area contributed by atoms with Crippen LogP contribution in [0.1, 0.15) is 37.0 Å². The van der Waals surface area contributed by atoms with E-state index in [1.165, 1.54) is 6.07 Å². The van der Waals surface area contributed by atoms with Crippen LogP contribution in [0.2, 0.25) is 0 Å². The Hall–Kier alpha value is -4.12. The molecule has 3 amide bonds. The first-order valence-corrected chi connectivity index (χ1v) is 13.6. The predicted octanol–water partition coefficient (Wildman–Crippen LogP) is 4.58. The van der Waals surface area contributed by atoms with Gasteiger partial charge in [-0.05, 0) is 67.6 Å². The molecule has 2 heterocycles. The molecule has 1 saturated heterocycles. The van der Waals surface area contributed by atoms with Gasteiger partial charge in [-0.15, -0.1) is 0 Å². The van der Waals surface area contributed by atoms with E-state index in [0.717, 1.165) is 36.3 Å². The van der Waals surface area contributed by atoms with Crippen LogP contribution in [0.3, 0.4) is 0 Å². The molecule has 3 atom stereocenters. The van der Waals surface area contributed by atoms with Gasteiger partial charge in [-0.2, -0.15) is 0 Å². The highest BCUT2D eigenvalue weighted by Crippen LogP contribution is 2.50. The summed E-state index contributed by atoms with van der Waals surface area (Å²) < 4.78 is 43.3. The number of carbonyl (C=O) groups is 2. The fourth-order valence-corrected chi connectivity index (χ4v) is 6.19. The van der Waals surface area contributed by atoms with Gasteiger partial charge in [-0.25, -0.2) is 13.6 Å². The first kappa shape index (κ1) is 28.4.